The lowest BCUT2D eigenvalue weighted by atomic mass is 10.1. The van der Waals surface area contributed by atoms with Crippen molar-refractivity contribution < 1.29 is 31.4 Å². The SMILES string of the molecule is CCCCCc1ccc(C(F)(F)OCCc2ccc(OC(F)F)c(F)c2)cc1. The van der Waals surface area contributed by atoms with Gasteiger partial charge in [0.15, 0.2) is 11.6 Å². The summed E-state index contributed by atoms with van der Waals surface area (Å²) in [7, 11) is 0. The first-order valence-electron chi connectivity index (χ1n) is 9.16. The Kier molecular flexibility index (Phi) is 8.23. The molecule has 2 rings (SSSR count). The zero-order chi connectivity index (χ0) is 20.6. The van der Waals surface area contributed by atoms with Gasteiger partial charge in [-0.1, -0.05) is 50.1 Å². The molecule has 0 bridgehead atoms. The molecule has 0 atom stereocenters. The van der Waals surface area contributed by atoms with Crippen LogP contribution >= 0.6 is 0 Å². The van der Waals surface area contributed by atoms with E-state index in [1.807, 2.05) is 0 Å². The van der Waals surface area contributed by atoms with Crippen molar-refractivity contribution in [3.63, 3.8) is 0 Å². The molecule has 2 nitrogen and oxygen atoms in total. The summed E-state index contributed by atoms with van der Waals surface area (Å²) in [5.41, 5.74) is 1.08. The summed E-state index contributed by atoms with van der Waals surface area (Å²) in [4.78, 5) is 0. The number of ether oxygens (including phenoxy) is 2. The Morgan fingerprint density at radius 3 is 2.21 bits per heavy atom. The number of aryl methyl sites for hydroxylation is 1. The third-order valence-electron chi connectivity index (χ3n) is 4.25. The quantitative estimate of drug-likeness (QED) is 0.317. The molecule has 0 radical (unpaired) electrons. The molecule has 0 aliphatic heterocycles. The predicted octanol–water partition coefficient (Wildman–Crippen LogP) is 6.47. The Balaban J connectivity index is 1.88. The van der Waals surface area contributed by atoms with Gasteiger partial charge >= 0.3 is 12.7 Å². The Morgan fingerprint density at radius 2 is 1.61 bits per heavy atom. The maximum atomic E-state index is 14.2. The summed E-state index contributed by atoms with van der Waals surface area (Å²) in [6.07, 6.45) is 0.570. The molecule has 2 aromatic rings. The molecule has 0 heterocycles. The number of benzene rings is 2. The van der Waals surface area contributed by atoms with Crippen molar-refractivity contribution in [1.82, 2.24) is 0 Å². The van der Waals surface area contributed by atoms with Crippen molar-refractivity contribution in [3.05, 3.63) is 65.0 Å². The number of hydrogen-bond acceptors (Lipinski definition) is 2. The molecular formula is C21H23F5O2. The highest BCUT2D eigenvalue weighted by Crippen LogP contribution is 2.30. The van der Waals surface area contributed by atoms with Crippen LogP contribution in [0, 0.1) is 5.82 Å². The first-order chi connectivity index (χ1) is 13.3. The molecular weight excluding hydrogens is 379 g/mol. The van der Waals surface area contributed by atoms with Gasteiger partial charge in [0.25, 0.3) is 0 Å². The smallest absolute Gasteiger partial charge is 0.387 e. The number of hydrogen-bond donors (Lipinski definition) is 0. The van der Waals surface area contributed by atoms with Crippen molar-refractivity contribution in [2.75, 3.05) is 6.61 Å². The van der Waals surface area contributed by atoms with Gasteiger partial charge < -0.3 is 9.47 Å². The molecule has 0 aliphatic carbocycles. The van der Waals surface area contributed by atoms with Crippen LogP contribution < -0.4 is 4.74 Å². The number of rotatable bonds is 11. The monoisotopic (exact) mass is 402 g/mol. The fourth-order valence-electron chi connectivity index (χ4n) is 2.72. The standard InChI is InChI=1S/C21H23F5O2/c1-2-3-4-5-15-6-9-17(10-7-15)21(25,26)27-13-12-16-8-11-19(18(22)14-16)28-20(23)24/h6-11,14,20H,2-5,12-13H2,1H3. The summed E-state index contributed by atoms with van der Waals surface area (Å²) < 4.78 is 74.9. The second-order valence-electron chi connectivity index (χ2n) is 6.41. The molecule has 0 N–H and O–H groups in total. The van der Waals surface area contributed by atoms with Crippen LogP contribution in [0.25, 0.3) is 0 Å². The fraction of sp³-hybridized carbons (Fsp3) is 0.429. The fourth-order valence-corrected chi connectivity index (χ4v) is 2.72. The lowest BCUT2D eigenvalue weighted by Gasteiger charge is -2.18. The van der Waals surface area contributed by atoms with Gasteiger partial charge in [0, 0.05) is 0 Å². The summed E-state index contributed by atoms with van der Waals surface area (Å²) in [6.45, 7) is -1.40. The molecule has 0 unspecified atom stereocenters. The van der Waals surface area contributed by atoms with E-state index < -0.39 is 24.3 Å². The van der Waals surface area contributed by atoms with E-state index in [2.05, 4.69) is 16.4 Å². The summed E-state index contributed by atoms with van der Waals surface area (Å²) in [6, 6.07) is 9.34. The second-order valence-corrected chi connectivity index (χ2v) is 6.41. The molecule has 0 aromatic heterocycles. The lowest BCUT2D eigenvalue weighted by molar-refractivity contribution is -0.248. The molecule has 7 heteroatoms. The van der Waals surface area contributed by atoms with E-state index in [0.717, 1.165) is 43.4 Å². The van der Waals surface area contributed by atoms with Crippen LogP contribution in [-0.4, -0.2) is 13.2 Å². The molecule has 0 amide bonds. The molecule has 0 spiro atoms. The highest BCUT2D eigenvalue weighted by Gasteiger charge is 2.32. The summed E-state index contributed by atoms with van der Waals surface area (Å²) in [5, 5.41) is 0. The average Bonchev–Trinajstić information content (AvgIpc) is 2.64. The zero-order valence-electron chi connectivity index (χ0n) is 15.6. The van der Waals surface area contributed by atoms with Crippen LogP contribution in [0.5, 0.6) is 5.75 Å². The predicted molar refractivity (Wildman–Crippen MR) is 96.3 cm³/mol. The van der Waals surface area contributed by atoms with Crippen molar-refractivity contribution in [3.8, 4) is 5.75 Å². The topological polar surface area (TPSA) is 18.5 Å². The first-order valence-corrected chi connectivity index (χ1v) is 9.16. The summed E-state index contributed by atoms with van der Waals surface area (Å²) >= 11 is 0. The normalized spacial score (nSPS) is 11.8. The van der Waals surface area contributed by atoms with Crippen LogP contribution in [0.2, 0.25) is 0 Å². The van der Waals surface area contributed by atoms with Gasteiger partial charge in [-0.2, -0.15) is 17.6 Å². The average molecular weight is 402 g/mol. The number of unbranched alkanes of at least 4 members (excludes halogenated alkanes) is 2. The van der Waals surface area contributed by atoms with Crippen molar-refractivity contribution in [2.24, 2.45) is 0 Å². The Labute approximate surface area is 161 Å². The van der Waals surface area contributed by atoms with Gasteiger partial charge in [-0.3, -0.25) is 0 Å². The molecule has 0 aliphatic rings. The first kappa shape index (κ1) is 22.1. The maximum Gasteiger partial charge on any atom is 0.387 e. The summed E-state index contributed by atoms with van der Waals surface area (Å²) in [5.74, 6) is -1.58. The van der Waals surface area contributed by atoms with E-state index in [4.69, 9.17) is 0 Å². The van der Waals surface area contributed by atoms with Gasteiger partial charge in [-0.25, -0.2) is 4.39 Å². The molecule has 154 valence electrons. The van der Waals surface area contributed by atoms with Crippen molar-refractivity contribution in [2.45, 2.75) is 51.7 Å². The van der Waals surface area contributed by atoms with Crippen molar-refractivity contribution >= 4 is 0 Å². The van der Waals surface area contributed by atoms with E-state index in [9.17, 15) is 22.0 Å². The number of halogens is 5. The highest BCUT2D eigenvalue weighted by molar-refractivity contribution is 5.29. The largest absolute Gasteiger partial charge is 0.432 e. The molecule has 28 heavy (non-hydrogen) atoms. The van der Waals surface area contributed by atoms with Crippen LogP contribution in [0.3, 0.4) is 0 Å². The highest BCUT2D eigenvalue weighted by atomic mass is 19.3. The second kappa shape index (κ2) is 10.4. The third kappa shape index (κ3) is 6.78. The molecule has 0 saturated carbocycles. The van der Waals surface area contributed by atoms with E-state index in [1.54, 1.807) is 12.1 Å². The van der Waals surface area contributed by atoms with Gasteiger partial charge in [-0.15, -0.1) is 0 Å². The maximum absolute atomic E-state index is 14.2. The lowest BCUT2D eigenvalue weighted by Crippen LogP contribution is -2.19. The van der Waals surface area contributed by atoms with Gasteiger partial charge in [-0.05, 0) is 42.5 Å². The van der Waals surface area contributed by atoms with Crippen LogP contribution in [0.1, 0.15) is 42.9 Å². The van der Waals surface area contributed by atoms with Crippen LogP contribution in [0.15, 0.2) is 42.5 Å². The third-order valence-corrected chi connectivity index (χ3v) is 4.25. The Hall–Kier alpha value is -2.15. The zero-order valence-corrected chi connectivity index (χ0v) is 15.6. The van der Waals surface area contributed by atoms with Gasteiger partial charge in [0.2, 0.25) is 0 Å². The van der Waals surface area contributed by atoms with Crippen LogP contribution in [-0.2, 0) is 23.7 Å². The van der Waals surface area contributed by atoms with E-state index >= 15 is 0 Å². The molecule has 0 fully saturated rings. The number of alkyl halides is 4. The van der Waals surface area contributed by atoms with Gasteiger partial charge in [0.05, 0.1) is 12.2 Å². The Morgan fingerprint density at radius 1 is 0.929 bits per heavy atom. The molecule has 0 saturated heterocycles. The molecule has 2 aromatic carbocycles. The Bertz CT molecular complexity index is 732. The van der Waals surface area contributed by atoms with Gasteiger partial charge in [0.1, 0.15) is 0 Å². The minimum atomic E-state index is -3.47. The van der Waals surface area contributed by atoms with Crippen LogP contribution in [0.4, 0.5) is 22.0 Å². The van der Waals surface area contributed by atoms with E-state index in [1.165, 1.54) is 18.2 Å². The minimum absolute atomic E-state index is 0.00340. The van der Waals surface area contributed by atoms with E-state index in [0.29, 0.717) is 5.56 Å². The van der Waals surface area contributed by atoms with Crippen molar-refractivity contribution in [1.29, 1.82) is 0 Å². The minimum Gasteiger partial charge on any atom is -0.432 e. The van der Waals surface area contributed by atoms with E-state index in [-0.39, 0.29) is 18.6 Å².